The van der Waals surface area contributed by atoms with Crippen LogP contribution in [0.3, 0.4) is 0 Å². The van der Waals surface area contributed by atoms with Crippen LogP contribution in [0, 0.1) is 0 Å². The first kappa shape index (κ1) is 54.6. The monoisotopic (exact) mass is 792 g/mol. The summed E-state index contributed by atoms with van der Waals surface area (Å²) in [6.07, 6.45) is 69.9. The van der Waals surface area contributed by atoms with E-state index in [1.54, 1.807) is 6.08 Å². The first-order valence-electron chi connectivity index (χ1n) is 24.3. The lowest BCUT2D eigenvalue weighted by atomic mass is 10.0. The van der Waals surface area contributed by atoms with Gasteiger partial charge >= 0.3 is 0 Å². The Morgan fingerprint density at radius 3 is 1.23 bits per heavy atom. The van der Waals surface area contributed by atoms with Crippen molar-refractivity contribution in [3.63, 3.8) is 0 Å². The molecule has 0 aromatic heterocycles. The van der Waals surface area contributed by atoms with E-state index in [2.05, 4.69) is 92.1 Å². The highest BCUT2D eigenvalue weighted by Crippen LogP contribution is 2.14. The molecule has 0 radical (unpaired) electrons. The maximum absolute atomic E-state index is 12.4. The maximum Gasteiger partial charge on any atom is 0.220 e. The average Bonchev–Trinajstić information content (AvgIpc) is 3.22. The Labute approximate surface area is 354 Å². The molecule has 0 aromatic carbocycles. The van der Waals surface area contributed by atoms with Gasteiger partial charge in [-0.1, -0.05) is 221 Å². The Balaban J connectivity index is 3.62. The molecule has 57 heavy (non-hydrogen) atoms. The molecule has 0 rings (SSSR count). The Morgan fingerprint density at radius 2 is 0.789 bits per heavy atom. The Hall–Kier alpha value is -2.43. The third-order valence-corrected chi connectivity index (χ3v) is 10.6. The van der Waals surface area contributed by atoms with Crippen LogP contribution in [0.25, 0.3) is 0 Å². The molecule has 0 aliphatic rings. The van der Waals surface area contributed by atoms with E-state index in [1.807, 2.05) is 6.08 Å². The van der Waals surface area contributed by atoms with Gasteiger partial charge in [0.1, 0.15) is 0 Å². The molecule has 2 atom stereocenters. The second-order valence-corrected chi connectivity index (χ2v) is 16.1. The zero-order valence-electron chi connectivity index (χ0n) is 37.6. The molecule has 0 aromatic rings. The summed E-state index contributed by atoms with van der Waals surface area (Å²) in [6, 6.07) is -0.651. The normalized spacial score (nSPS) is 13.7. The predicted octanol–water partition coefficient (Wildman–Crippen LogP) is 15.6. The van der Waals surface area contributed by atoms with Gasteiger partial charge in [-0.25, -0.2) is 0 Å². The van der Waals surface area contributed by atoms with Gasteiger partial charge in [0.15, 0.2) is 0 Å². The number of hydrogen-bond donors (Lipinski definition) is 3. The largest absolute Gasteiger partial charge is 0.394 e. The van der Waals surface area contributed by atoms with E-state index in [0.717, 1.165) is 64.2 Å². The van der Waals surface area contributed by atoms with Gasteiger partial charge in [-0.15, -0.1) is 0 Å². The molecule has 0 spiro atoms. The zero-order valence-corrected chi connectivity index (χ0v) is 37.6. The van der Waals surface area contributed by atoms with E-state index in [1.165, 1.54) is 141 Å². The third kappa shape index (κ3) is 44.5. The van der Waals surface area contributed by atoms with Crippen LogP contribution in [0.2, 0.25) is 0 Å². The number of aliphatic hydroxyl groups is 2. The van der Waals surface area contributed by atoms with Crippen LogP contribution in [0.15, 0.2) is 85.1 Å². The smallest absolute Gasteiger partial charge is 0.220 e. The molecular formula is C53H93NO3. The van der Waals surface area contributed by atoms with E-state index in [4.69, 9.17) is 0 Å². The second kappa shape index (κ2) is 47.9. The molecule has 1 amide bonds. The number of carbonyl (C=O) groups is 1. The first-order valence-corrected chi connectivity index (χ1v) is 24.3. The highest BCUT2D eigenvalue weighted by atomic mass is 16.3. The van der Waals surface area contributed by atoms with E-state index in [0.29, 0.717) is 6.42 Å². The molecule has 0 heterocycles. The van der Waals surface area contributed by atoms with Gasteiger partial charge in [0.2, 0.25) is 5.91 Å². The van der Waals surface area contributed by atoms with Crippen molar-refractivity contribution in [2.45, 2.75) is 238 Å². The topological polar surface area (TPSA) is 69.6 Å². The number of allylic oxidation sites excluding steroid dienone is 13. The molecule has 4 nitrogen and oxygen atoms in total. The van der Waals surface area contributed by atoms with Gasteiger partial charge in [0.05, 0.1) is 18.8 Å². The van der Waals surface area contributed by atoms with E-state index >= 15 is 0 Å². The molecule has 2 unspecified atom stereocenters. The SMILES string of the molecule is CC/C=C\C/C=C\C/C=C\C/C=C\CCCCCCCCCCCCCCC(=O)NC(CO)C(O)/C=C/CC/C=C/CC/C=C/CCCCCCCCCCCC. The molecule has 4 heteroatoms. The fourth-order valence-electron chi connectivity index (χ4n) is 6.91. The molecule has 0 saturated heterocycles. The molecule has 0 aliphatic carbocycles. The second-order valence-electron chi connectivity index (χ2n) is 16.1. The van der Waals surface area contributed by atoms with Crippen molar-refractivity contribution < 1.29 is 15.0 Å². The minimum atomic E-state index is -0.875. The summed E-state index contributed by atoms with van der Waals surface area (Å²) < 4.78 is 0. The van der Waals surface area contributed by atoms with Crippen molar-refractivity contribution in [2.75, 3.05) is 6.61 Å². The van der Waals surface area contributed by atoms with Gasteiger partial charge in [0, 0.05) is 6.42 Å². The molecule has 0 bridgehead atoms. The van der Waals surface area contributed by atoms with Gasteiger partial charge < -0.3 is 15.5 Å². The van der Waals surface area contributed by atoms with E-state index in [-0.39, 0.29) is 12.5 Å². The number of unbranched alkanes of at least 4 members (excludes halogenated alkanes) is 24. The number of amides is 1. The third-order valence-electron chi connectivity index (χ3n) is 10.6. The zero-order chi connectivity index (χ0) is 41.4. The van der Waals surface area contributed by atoms with Crippen molar-refractivity contribution in [1.29, 1.82) is 0 Å². The first-order chi connectivity index (χ1) is 28.2. The lowest BCUT2D eigenvalue weighted by molar-refractivity contribution is -0.123. The van der Waals surface area contributed by atoms with Gasteiger partial charge in [0.25, 0.3) is 0 Å². The summed E-state index contributed by atoms with van der Waals surface area (Å²) in [6.45, 7) is 4.18. The lowest BCUT2D eigenvalue weighted by Gasteiger charge is -2.19. The number of nitrogens with one attached hydrogen (secondary N) is 1. The summed E-state index contributed by atoms with van der Waals surface area (Å²) in [4.78, 5) is 12.4. The van der Waals surface area contributed by atoms with Crippen LogP contribution in [-0.2, 0) is 4.79 Å². The number of rotatable bonds is 43. The predicted molar refractivity (Wildman–Crippen MR) is 253 cm³/mol. The van der Waals surface area contributed by atoms with Crippen LogP contribution in [0.5, 0.6) is 0 Å². The fraction of sp³-hybridized carbons (Fsp3) is 0.717. The molecular weight excluding hydrogens is 699 g/mol. The molecule has 0 fully saturated rings. The van der Waals surface area contributed by atoms with Crippen molar-refractivity contribution in [2.24, 2.45) is 0 Å². The minimum Gasteiger partial charge on any atom is -0.394 e. The molecule has 0 aliphatic heterocycles. The minimum absolute atomic E-state index is 0.0829. The summed E-state index contributed by atoms with van der Waals surface area (Å²) in [5.41, 5.74) is 0. The van der Waals surface area contributed by atoms with Crippen molar-refractivity contribution in [3.05, 3.63) is 85.1 Å². The van der Waals surface area contributed by atoms with Crippen LogP contribution in [0.1, 0.15) is 226 Å². The van der Waals surface area contributed by atoms with Crippen LogP contribution in [-0.4, -0.2) is 34.9 Å². The van der Waals surface area contributed by atoms with Crippen molar-refractivity contribution >= 4 is 5.91 Å². The van der Waals surface area contributed by atoms with E-state index in [9.17, 15) is 15.0 Å². The summed E-state index contributed by atoms with van der Waals surface area (Å²) in [5.74, 6) is -0.0829. The Bertz CT molecular complexity index is 1030. The fourth-order valence-corrected chi connectivity index (χ4v) is 6.91. The van der Waals surface area contributed by atoms with Crippen LogP contribution in [0.4, 0.5) is 0 Å². The standard InChI is InChI=1S/C53H93NO3/c1-3-5-7-9-11-13-15-17-19-21-23-25-26-27-28-29-31-33-35-37-39-41-43-45-47-49-53(57)54-51(50-55)52(56)48-46-44-42-40-38-36-34-32-30-24-22-20-18-16-14-12-10-8-6-4-2/h5,7,11,13,17,19,23,25,30,32,38,40,46,48,51-52,55-56H,3-4,6,8-10,12,14-16,18,20-22,24,26-29,31,33-37,39,41-45,47,49-50H2,1-2H3,(H,54,57)/b7-5-,13-11-,19-17-,25-23-,32-30+,40-38+,48-46+. The highest BCUT2D eigenvalue weighted by Gasteiger charge is 2.17. The lowest BCUT2D eigenvalue weighted by Crippen LogP contribution is -2.45. The van der Waals surface area contributed by atoms with Crippen LogP contribution >= 0.6 is 0 Å². The molecule has 0 saturated carbocycles. The average molecular weight is 792 g/mol. The maximum atomic E-state index is 12.4. The van der Waals surface area contributed by atoms with Crippen molar-refractivity contribution in [3.8, 4) is 0 Å². The van der Waals surface area contributed by atoms with Gasteiger partial charge in [-0.2, -0.15) is 0 Å². The number of aliphatic hydroxyl groups excluding tert-OH is 2. The molecule has 328 valence electrons. The molecule has 3 N–H and O–H groups in total. The van der Waals surface area contributed by atoms with Crippen molar-refractivity contribution in [1.82, 2.24) is 5.32 Å². The quantitative estimate of drug-likeness (QED) is 0.0425. The number of hydrogen-bond acceptors (Lipinski definition) is 3. The summed E-state index contributed by atoms with van der Waals surface area (Å²) in [7, 11) is 0. The van der Waals surface area contributed by atoms with Crippen LogP contribution < -0.4 is 5.32 Å². The summed E-state index contributed by atoms with van der Waals surface area (Å²) in [5, 5.41) is 23.1. The highest BCUT2D eigenvalue weighted by molar-refractivity contribution is 5.76. The number of carbonyl (C=O) groups excluding carboxylic acids is 1. The van der Waals surface area contributed by atoms with E-state index < -0.39 is 12.1 Å². The summed E-state index contributed by atoms with van der Waals surface area (Å²) >= 11 is 0. The van der Waals surface area contributed by atoms with Gasteiger partial charge in [-0.3, -0.25) is 4.79 Å². The Kier molecular flexibility index (Phi) is 45.9. The van der Waals surface area contributed by atoms with Gasteiger partial charge in [-0.05, 0) is 83.5 Å². The Morgan fingerprint density at radius 1 is 0.439 bits per heavy atom.